The second-order valence-electron chi connectivity index (χ2n) is 6.80. The van der Waals surface area contributed by atoms with E-state index in [-0.39, 0.29) is 17.2 Å². The molecule has 1 aliphatic rings. The van der Waals surface area contributed by atoms with Gasteiger partial charge < -0.3 is 5.11 Å². The highest BCUT2D eigenvalue weighted by Gasteiger charge is 2.25. The number of rotatable bonds is 3. The van der Waals surface area contributed by atoms with Crippen molar-refractivity contribution in [3.05, 3.63) is 57.9 Å². The molecule has 0 heterocycles. The van der Waals surface area contributed by atoms with Crippen LogP contribution in [0.1, 0.15) is 54.7 Å². The maximum absolute atomic E-state index is 13.8. The Morgan fingerprint density at radius 3 is 2.04 bits per heavy atom. The van der Waals surface area contributed by atoms with Gasteiger partial charge in [-0.1, -0.05) is 25.3 Å². The lowest BCUT2D eigenvalue weighted by Crippen LogP contribution is -2.06. The number of halogens is 5. The highest BCUT2D eigenvalue weighted by Crippen LogP contribution is 2.39. The van der Waals surface area contributed by atoms with Crippen LogP contribution in [0.25, 0.3) is 0 Å². The van der Waals surface area contributed by atoms with Gasteiger partial charge in [-0.2, -0.15) is 0 Å². The third-order valence-electron chi connectivity index (χ3n) is 4.88. The molecule has 1 fully saturated rings. The molecule has 0 aromatic heterocycles. The monoisotopic (exact) mass is 383 g/mol. The van der Waals surface area contributed by atoms with Gasteiger partial charge in [0, 0.05) is 11.8 Å². The van der Waals surface area contributed by atoms with E-state index in [1.54, 1.807) is 6.92 Å². The summed E-state index contributed by atoms with van der Waals surface area (Å²) in [5.41, 5.74) is 0.395. The molecule has 3 rings (SSSR count). The molecule has 0 bridgehead atoms. The van der Waals surface area contributed by atoms with Crippen LogP contribution in [0.3, 0.4) is 0 Å². The van der Waals surface area contributed by atoms with Crippen molar-refractivity contribution in [2.24, 2.45) is 4.99 Å². The molecule has 144 valence electrons. The van der Waals surface area contributed by atoms with Crippen LogP contribution in [0.5, 0.6) is 5.75 Å². The summed E-state index contributed by atoms with van der Waals surface area (Å²) in [6, 6.07) is 3.39. The molecule has 7 heteroatoms. The average Bonchev–Trinajstić information content (AvgIpc) is 2.67. The Morgan fingerprint density at radius 1 is 0.889 bits per heavy atom. The van der Waals surface area contributed by atoms with Crippen molar-refractivity contribution in [1.82, 2.24) is 0 Å². The molecule has 0 atom stereocenters. The van der Waals surface area contributed by atoms with Gasteiger partial charge in [0.1, 0.15) is 11.4 Å². The second kappa shape index (κ2) is 7.66. The van der Waals surface area contributed by atoms with E-state index in [4.69, 9.17) is 0 Å². The third kappa shape index (κ3) is 3.68. The molecular formula is C20H18F5NO. The molecule has 0 radical (unpaired) electrons. The summed E-state index contributed by atoms with van der Waals surface area (Å²) < 4.78 is 67.2. The summed E-state index contributed by atoms with van der Waals surface area (Å²) in [4.78, 5) is 3.44. The van der Waals surface area contributed by atoms with Crippen LogP contribution in [-0.4, -0.2) is 11.3 Å². The topological polar surface area (TPSA) is 32.6 Å². The van der Waals surface area contributed by atoms with Gasteiger partial charge in [-0.05, 0) is 42.9 Å². The molecule has 2 aromatic carbocycles. The van der Waals surface area contributed by atoms with Crippen molar-refractivity contribution in [3.8, 4) is 5.75 Å². The number of phenolic OH excluding ortho intramolecular Hbond substituents is 1. The zero-order valence-electron chi connectivity index (χ0n) is 14.6. The molecule has 0 saturated heterocycles. The first-order chi connectivity index (χ1) is 12.8. The Morgan fingerprint density at radius 2 is 1.44 bits per heavy atom. The fourth-order valence-electron chi connectivity index (χ4n) is 3.50. The SMILES string of the molecule is Cc1cc(C=Nc2c(F)c(F)c(F)c(F)c2F)c(O)c(C2CCCCC2)c1. The minimum Gasteiger partial charge on any atom is -0.507 e. The Hall–Kier alpha value is -2.44. The molecule has 0 aliphatic heterocycles. The van der Waals surface area contributed by atoms with Crippen molar-refractivity contribution >= 4 is 11.9 Å². The zero-order chi connectivity index (χ0) is 19.7. The average molecular weight is 383 g/mol. The highest BCUT2D eigenvalue weighted by molar-refractivity contribution is 5.86. The van der Waals surface area contributed by atoms with Crippen molar-refractivity contribution in [2.75, 3.05) is 0 Å². The molecule has 2 aromatic rings. The fraction of sp³-hybridized carbons (Fsp3) is 0.350. The fourth-order valence-corrected chi connectivity index (χ4v) is 3.50. The molecular weight excluding hydrogens is 365 g/mol. The minimum atomic E-state index is -2.23. The number of aliphatic imine (C=N–C) groups is 1. The van der Waals surface area contributed by atoms with E-state index >= 15 is 0 Å². The summed E-state index contributed by atoms with van der Waals surface area (Å²) in [5.74, 6) is -10.3. The molecule has 0 unspecified atom stereocenters. The highest BCUT2D eigenvalue weighted by atomic mass is 19.2. The van der Waals surface area contributed by atoms with Gasteiger partial charge >= 0.3 is 0 Å². The van der Waals surface area contributed by atoms with Gasteiger partial charge in [-0.25, -0.2) is 26.9 Å². The number of phenols is 1. The van der Waals surface area contributed by atoms with Crippen molar-refractivity contribution in [3.63, 3.8) is 0 Å². The summed E-state index contributed by atoms with van der Waals surface area (Å²) in [6.45, 7) is 1.79. The third-order valence-corrected chi connectivity index (χ3v) is 4.88. The van der Waals surface area contributed by atoms with E-state index < -0.39 is 34.8 Å². The lowest BCUT2D eigenvalue weighted by Gasteiger charge is -2.23. The van der Waals surface area contributed by atoms with Gasteiger partial charge in [-0.15, -0.1) is 0 Å². The molecule has 1 aliphatic carbocycles. The van der Waals surface area contributed by atoms with E-state index in [1.807, 2.05) is 6.07 Å². The van der Waals surface area contributed by atoms with Crippen LogP contribution < -0.4 is 0 Å². The molecule has 2 nitrogen and oxygen atoms in total. The first kappa shape index (κ1) is 19.3. The predicted molar refractivity (Wildman–Crippen MR) is 92.2 cm³/mol. The lowest BCUT2D eigenvalue weighted by atomic mass is 9.82. The van der Waals surface area contributed by atoms with Crippen molar-refractivity contribution < 1.29 is 27.1 Å². The Bertz CT molecular complexity index is 875. The van der Waals surface area contributed by atoms with Crippen LogP contribution in [-0.2, 0) is 0 Å². The van der Waals surface area contributed by atoms with Gasteiger partial charge in [0.15, 0.2) is 23.3 Å². The Balaban J connectivity index is 2.03. The lowest BCUT2D eigenvalue weighted by molar-refractivity contribution is 0.381. The zero-order valence-corrected chi connectivity index (χ0v) is 14.6. The van der Waals surface area contributed by atoms with E-state index in [9.17, 15) is 27.1 Å². The standard InChI is InChI=1S/C20H18F5NO/c1-10-7-12(20(27)13(8-10)11-5-3-2-4-6-11)9-26-19-17(24)15(22)14(21)16(23)18(19)25/h7-9,11,27H,2-6H2,1H3. The molecule has 27 heavy (non-hydrogen) atoms. The number of hydrogen-bond donors (Lipinski definition) is 1. The van der Waals surface area contributed by atoms with E-state index in [0.29, 0.717) is 5.56 Å². The number of benzene rings is 2. The predicted octanol–water partition coefficient (Wildman–Crippen LogP) is 6.19. The normalized spacial score (nSPS) is 15.6. The van der Waals surface area contributed by atoms with Crippen LogP contribution in [0.15, 0.2) is 17.1 Å². The van der Waals surface area contributed by atoms with Crippen LogP contribution in [0.2, 0.25) is 0 Å². The first-order valence-electron chi connectivity index (χ1n) is 8.70. The number of aromatic hydroxyl groups is 1. The van der Waals surface area contributed by atoms with E-state index in [1.165, 1.54) is 6.07 Å². The number of nitrogens with zero attached hydrogens (tertiary/aromatic N) is 1. The maximum atomic E-state index is 13.8. The molecule has 0 amide bonds. The van der Waals surface area contributed by atoms with Gasteiger partial charge in [0.25, 0.3) is 0 Å². The quantitative estimate of drug-likeness (QED) is 0.291. The summed E-state index contributed by atoms with van der Waals surface area (Å²) >= 11 is 0. The van der Waals surface area contributed by atoms with Crippen LogP contribution >= 0.6 is 0 Å². The Labute approximate surface area is 153 Å². The maximum Gasteiger partial charge on any atom is 0.200 e. The van der Waals surface area contributed by atoms with Crippen LogP contribution in [0, 0.1) is 36.0 Å². The summed E-state index contributed by atoms with van der Waals surface area (Å²) in [5, 5.41) is 10.5. The Kier molecular flexibility index (Phi) is 5.48. The largest absolute Gasteiger partial charge is 0.507 e. The second-order valence-corrected chi connectivity index (χ2v) is 6.80. The molecule has 1 saturated carbocycles. The van der Waals surface area contributed by atoms with Gasteiger partial charge in [0.05, 0.1) is 0 Å². The van der Waals surface area contributed by atoms with Gasteiger partial charge in [0.2, 0.25) is 5.82 Å². The molecule has 0 spiro atoms. The van der Waals surface area contributed by atoms with Crippen LogP contribution in [0.4, 0.5) is 27.6 Å². The smallest absolute Gasteiger partial charge is 0.200 e. The van der Waals surface area contributed by atoms with Crippen molar-refractivity contribution in [2.45, 2.75) is 44.9 Å². The number of hydrogen-bond acceptors (Lipinski definition) is 2. The van der Waals surface area contributed by atoms with Crippen molar-refractivity contribution in [1.29, 1.82) is 0 Å². The van der Waals surface area contributed by atoms with E-state index in [0.717, 1.165) is 43.9 Å². The number of aryl methyl sites for hydroxylation is 1. The summed E-state index contributed by atoms with van der Waals surface area (Å²) in [7, 11) is 0. The molecule has 1 N–H and O–H groups in total. The minimum absolute atomic E-state index is 0.0832. The van der Waals surface area contributed by atoms with E-state index in [2.05, 4.69) is 4.99 Å². The first-order valence-corrected chi connectivity index (χ1v) is 8.70. The summed E-state index contributed by atoms with van der Waals surface area (Å²) in [6.07, 6.45) is 6.00. The van der Waals surface area contributed by atoms with Gasteiger partial charge in [-0.3, -0.25) is 0 Å².